The van der Waals surface area contributed by atoms with Crippen LogP contribution in [0.25, 0.3) is 42.3 Å². The van der Waals surface area contributed by atoms with Gasteiger partial charge in [-0.15, -0.1) is 11.3 Å². The van der Waals surface area contributed by atoms with Gasteiger partial charge in [0.15, 0.2) is 11.3 Å². The summed E-state index contributed by atoms with van der Waals surface area (Å²) in [7, 11) is 0. The summed E-state index contributed by atoms with van der Waals surface area (Å²) in [5, 5.41) is 13.4. The van der Waals surface area contributed by atoms with Crippen LogP contribution in [0.1, 0.15) is 0 Å². The summed E-state index contributed by atoms with van der Waals surface area (Å²) in [6, 6.07) is 18.7. The second kappa shape index (κ2) is 10.2. The summed E-state index contributed by atoms with van der Waals surface area (Å²) in [5.74, 6) is -0.283. The van der Waals surface area contributed by atoms with Gasteiger partial charge in [-0.1, -0.05) is 30.3 Å². The number of nitrogens with zero attached hydrogens (tertiary/aromatic N) is 1. The number of ether oxygens (including phenoxy) is 2. The monoisotopic (exact) mass is 509 g/mol. The molecule has 6 rings (SSSR count). The van der Waals surface area contributed by atoms with E-state index in [9.17, 15) is 14.7 Å². The predicted octanol–water partition coefficient (Wildman–Crippen LogP) is 0.797. The first kappa shape index (κ1) is 24.8. The average molecular weight is 510 g/mol. The van der Waals surface area contributed by atoms with Crippen molar-refractivity contribution in [2.24, 2.45) is 0 Å². The maximum absolute atomic E-state index is 13.0. The maximum Gasteiger partial charge on any atom is 1.00 e. The molecule has 2 aromatic heterocycles. The van der Waals surface area contributed by atoms with Crippen molar-refractivity contribution in [3.05, 3.63) is 70.9 Å². The topological polar surface area (TPSA) is 92.0 Å². The standard InChI is InChI=1S/C27H21NO6S.Na/c29-20-14-23(28-10-12-32-13-11-28)34-26-16(5-3-6-18(20)26)17-8-9-21(33-15-24(30)31)25-19-4-1-2-7-22(19)35-27(17)25;/h1-9,14H,10-13,15H2,(H,30,31);/q;+1/p-1. The Kier molecular flexibility index (Phi) is 7.05. The first-order valence-electron chi connectivity index (χ1n) is 11.3. The zero-order valence-corrected chi connectivity index (χ0v) is 22.4. The number of fused-ring (bicyclic) bond motifs is 4. The molecule has 0 atom stereocenters. The number of carboxylic acid groups (broad SMARTS) is 1. The van der Waals surface area contributed by atoms with Crippen LogP contribution in [0.3, 0.4) is 0 Å². The van der Waals surface area contributed by atoms with Gasteiger partial charge in [0.1, 0.15) is 17.9 Å². The first-order chi connectivity index (χ1) is 17.1. The largest absolute Gasteiger partial charge is 1.00 e. The average Bonchev–Trinajstić information content (AvgIpc) is 3.27. The maximum atomic E-state index is 13.0. The van der Waals surface area contributed by atoms with Crippen molar-refractivity contribution < 1.29 is 53.3 Å². The first-order valence-corrected chi connectivity index (χ1v) is 12.1. The molecule has 0 unspecified atom stereocenters. The van der Waals surface area contributed by atoms with E-state index in [4.69, 9.17) is 13.9 Å². The predicted molar refractivity (Wildman–Crippen MR) is 134 cm³/mol. The Hall–Kier alpha value is -2.88. The summed E-state index contributed by atoms with van der Waals surface area (Å²) in [6.45, 7) is 1.94. The van der Waals surface area contributed by atoms with E-state index in [1.54, 1.807) is 29.5 Å². The number of thiophene rings is 1. The van der Waals surface area contributed by atoms with Crippen molar-refractivity contribution in [3.8, 4) is 16.9 Å². The summed E-state index contributed by atoms with van der Waals surface area (Å²) in [6.07, 6.45) is 0. The van der Waals surface area contributed by atoms with E-state index in [0.29, 0.717) is 48.9 Å². The van der Waals surface area contributed by atoms with E-state index in [-0.39, 0.29) is 35.0 Å². The summed E-state index contributed by atoms with van der Waals surface area (Å²) < 4.78 is 19.4. The minimum Gasteiger partial charge on any atom is -0.546 e. The third-order valence-corrected chi connectivity index (χ3v) is 7.39. The van der Waals surface area contributed by atoms with Crippen LogP contribution >= 0.6 is 11.3 Å². The number of carbonyl (C=O) groups is 1. The van der Waals surface area contributed by atoms with Gasteiger partial charge in [-0.25, -0.2) is 0 Å². The van der Waals surface area contributed by atoms with Gasteiger partial charge in [0.2, 0.25) is 0 Å². The zero-order chi connectivity index (χ0) is 23.9. The number of carboxylic acids is 1. The second-order valence-corrected chi connectivity index (χ2v) is 9.36. The molecule has 3 aromatic carbocycles. The molecule has 0 spiro atoms. The Bertz CT molecular complexity index is 1650. The fourth-order valence-corrected chi connectivity index (χ4v) is 5.83. The molecule has 9 heteroatoms. The molecule has 36 heavy (non-hydrogen) atoms. The molecule has 1 aliphatic heterocycles. The van der Waals surface area contributed by atoms with Crippen molar-refractivity contribution in [3.63, 3.8) is 0 Å². The van der Waals surface area contributed by atoms with Crippen molar-refractivity contribution in [2.75, 3.05) is 37.8 Å². The van der Waals surface area contributed by atoms with Crippen LogP contribution in [-0.2, 0) is 9.53 Å². The molecular weight excluding hydrogens is 489 g/mol. The van der Waals surface area contributed by atoms with Gasteiger partial charge < -0.3 is 28.7 Å². The van der Waals surface area contributed by atoms with Crippen molar-refractivity contribution in [1.29, 1.82) is 0 Å². The van der Waals surface area contributed by atoms with Gasteiger partial charge in [-0.2, -0.15) is 0 Å². The van der Waals surface area contributed by atoms with E-state index in [0.717, 1.165) is 31.3 Å². The molecule has 0 amide bonds. The van der Waals surface area contributed by atoms with E-state index in [1.807, 2.05) is 47.4 Å². The fraction of sp³-hybridized carbons (Fsp3) is 0.185. The van der Waals surface area contributed by atoms with Gasteiger partial charge in [-0.3, -0.25) is 4.79 Å². The fourth-order valence-electron chi connectivity index (χ4n) is 4.58. The van der Waals surface area contributed by atoms with Gasteiger partial charge in [-0.05, 0) is 24.3 Å². The Labute approximate surface area is 232 Å². The molecule has 0 N–H and O–H groups in total. The van der Waals surface area contributed by atoms with Crippen LogP contribution in [0.2, 0.25) is 0 Å². The Morgan fingerprint density at radius 3 is 2.58 bits per heavy atom. The number of para-hydroxylation sites is 1. The number of hydrogen-bond donors (Lipinski definition) is 0. The number of anilines is 1. The second-order valence-electron chi connectivity index (χ2n) is 8.30. The van der Waals surface area contributed by atoms with Gasteiger partial charge in [0, 0.05) is 50.5 Å². The van der Waals surface area contributed by atoms with Crippen LogP contribution in [0.4, 0.5) is 5.88 Å². The molecule has 1 fully saturated rings. The minimum atomic E-state index is -1.28. The van der Waals surface area contributed by atoms with Crippen molar-refractivity contribution in [1.82, 2.24) is 0 Å². The molecule has 176 valence electrons. The third kappa shape index (κ3) is 4.40. The van der Waals surface area contributed by atoms with Crippen LogP contribution in [0.5, 0.6) is 5.75 Å². The molecule has 3 heterocycles. The summed E-state index contributed by atoms with van der Waals surface area (Å²) in [4.78, 5) is 26.1. The summed E-state index contributed by atoms with van der Waals surface area (Å²) >= 11 is 1.59. The number of aliphatic carboxylic acids is 1. The van der Waals surface area contributed by atoms with E-state index in [1.165, 1.54) is 0 Å². The number of carbonyl (C=O) groups excluding carboxylic acids is 1. The molecule has 5 aromatic rings. The minimum absolute atomic E-state index is 0. The van der Waals surface area contributed by atoms with Gasteiger partial charge >= 0.3 is 29.6 Å². The third-order valence-electron chi connectivity index (χ3n) is 6.19. The van der Waals surface area contributed by atoms with Crippen LogP contribution in [-0.4, -0.2) is 38.9 Å². The molecule has 0 radical (unpaired) electrons. The zero-order valence-electron chi connectivity index (χ0n) is 19.6. The SMILES string of the molecule is O=C([O-])COc1ccc(-c2cccc3c(=O)cc(N4CCOCC4)oc23)c2sc3ccccc3c12.[Na+]. The van der Waals surface area contributed by atoms with E-state index in [2.05, 4.69) is 0 Å². The molecule has 7 nitrogen and oxygen atoms in total. The number of rotatable bonds is 5. The Morgan fingerprint density at radius 1 is 1.00 bits per heavy atom. The Morgan fingerprint density at radius 2 is 1.78 bits per heavy atom. The van der Waals surface area contributed by atoms with Gasteiger partial charge in [0.05, 0.1) is 24.6 Å². The smallest absolute Gasteiger partial charge is 0.546 e. The molecule has 0 bridgehead atoms. The van der Waals surface area contributed by atoms with E-state index < -0.39 is 12.6 Å². The van der Waals surface area contributed by atoms with Crippen LogP contribution in [0, 0.1) is 0 Å². The number of hydrogen-bond acceptors (Lipinski definition) is 8. The Balaban J connectivity index is 0.00000267. The number of morpholine rings is 1. The molecule has 1 saturated heterocycles. The van der Waals surface area contributed by atoms with Crippen molar-refractivity contribution in [2.45, 2.75) is 0 Å². The molecule has 0 aliphatic carbocycles. The normalized spacial score (nSPS) is 13.7. The van der Waals surface area contributed by atoms with Gasteiger partial charge in [0.25, 0.3) is 0 Å². The molecule has 1 aliphatic rings. The van der Waals surface area contributed by atoms with Crippen molar-refractivity contribution >= 4 is 54.3 Å². The van der Waals surface area contributed by atoms with Crippen LogP contribution < -0.4 is 49.7 Å². The summed E-state index contributed by atoms with van der Waals surface area (Å²) in [5.41, 5.74) is 2.09. The van der Waals surface area contributed by atoms with E-state index >= 15 is 0 Å². The quantitative estimate of drug-likeness (QED) is 0.324. The molecular formula is C27H20NNaO6S. The number of benzene rings is 3. The molecule has 0 saturated carbocycles. The van der Waals surface area contributed by atoms with Crippen LogP contribution in [0.15, 0.2) is 69.9 Å².